The van der Waals surface area contributed by atoms with Crippen molar-refractivity contribution in [3.05, 3.63) is 42.0 Å². The lowest BCUT2D eigenvalue weighted by Gasteiger charge is -2.21. The standard InChI is InChI=1S/C14H20O/c1-4-12-7-5-6-8-13(12)9-10-14(2,3)11-15/h4-8,15H,1,9-11H2,2-3H3. The molecule has 1 aromatic carbocycles. The van der Waals surface area contributed by atoms with E-state index in [0.717, 1.165) is 12.8 Å². The quantitative estimate of drug-likeness (QED) is 0.780. The van der Waals surface area contributed by atoms with Crippen LogP contribution in [0.3, 0.4) is 0 Å². The van der Waals surface area contributed by atoms with E-state index >= 15 is 0 Å². The van der Waals surface area contributed by atoms with Crippen LogP contribution in [-0.4, -0.2) is 11.7 Å². The number of aryl methyl sites for hydroxylation is 1. The Morgan fingerprint density at radius 1 is 1.33 bits per heavy atom. The van der Waals surface area contributed by atoms with Crippen LogP contribution in [0.4, 0.5) is 0 Å². The van der Waals surface area contributed by atoms with E-state index in [2.05, 4.69) is 32.6 Å². The molecule has 0 atom stereocenters. The van der Waals surface area contributed by atoms with Gasteiger partial charge in [0.15, 0.2) is 0 Å². The van der Waals surface area contributed by atoms with Crippen LogP contribution in [0.5, 0.6) is 0 Å². The summed E-state index contributed by atoms with van der Waals surface area (Å²) in [6.45, 7) is 8.22. The number of benzene rings is 1. The van der Waals surface area contributed by atoms with Crippen molar-refractivity contribution in [2.45, 2.75) is 26.7 Å². The maximum atomic E-state index is 9.18. The molecule has 0 radical (unpaired) electrons. The first-order chi connectivity index (χ1) is 7.09. The van der Waals surface area contributed by atoms with Gasteiger partial charge in [-0.2, -0.15) is 0 Å². The average Bonchev–Trinajstić information content (AvgIpc) is 2.27. The highest BCUT2D eigenvalue weighted by Gasteiger charge is 2.16. The third-order valence-corrected chi connectivity index (χ3v) is 2.77. The van der Waals surface area contributed by atoms with Crippen LogP contribution in [0.2, 0.25) is 0 Å². The summed E-state index contributed by atoms with van der Waals surface area (Å²) in [5.41, 5.74) is 2.52. The van der Waals surface area contributed by atoms with Crippen molar-refractivity contribution in [2.75, 3.05) is 6.61 Å². The number of hydrogen-bond acceptors (Lipinski definition) is 1. The highest BCUT2D eigenvalue weighted by molar-refractivity contribution is 5.51. The van der Waals surface area contributed by atoms with E-state index in [1.54, 1.807) is 0 Å². The largest absolute Gasteiger partial charge is 0.396 e. The lowest BCUT2D eigenvalue weighted by Crippen LogP contribution is -2.17. The summed E-state index contributed by atoms with van der Waals surface area (Å²) in [4.78, 5) is 0. The zero-order chi connectivity index (χ0) is 11.3. The molecule has 15 heavy (non-hydrogen) atoms. The molecule has 0 saturated carbocycles. The van der Waals surface area contributed by atoms with E-state index in [0.29, 0.717) is 0 Å². The van der Waals surface area contributed by atoms with Gasteiger partial charge in [0.25, 0.3) is 0 Å². The van der Waals surface area contributed by atoms with Crippen molar-refractivity contribution in [3.8, 4) is 0 Å². The van der Waals surface area contributed by atoms with Crippen molar-refractivity contribution in [3.63, 3.8) is 0 Å². The molecule has 82 valence electrons. The van der Waals surface area contributed by atoms with E-state index in [9.17, 15) is 5.11 Å². The molecule has 0 fully saturated rings. The van der Waals surface area contributed by atoms with Crippen LogP contribution in [0.15, 0.2) is 30.8 Å². The molecule has 1 aromatic rings. The van der Waals surface area contributed by atoms with E-state index in [-0.39, 0.29) is 12.0 Å². The Morgan fingerprint density at radius 2 is 2.00 bits per heavy atom. The van der Waals surface area contributed by atoms with Crippen molar-refractivity contribution in [1.29, 1.82) is 0 Å². The lowest BCUT2D eigenvalue weighted by molar-refractivity contribution is 0.151. The van der Waals surface area contributed by atoms with E-state index in [1.165, 1.54) is 11.1 Å². The Hall–Kier alpha value is -1.08. The number of rotatable bonds is 5. The maximum Gasteiger partial charge on any atom is 0.0482 e. The number of aliphatic hydroxyl groups excluding tert-OH is 1. The minimum absolute atomic E-state index is 0.00822. The minimum Gasteiger partial charge on any atom is -0.396 e. The highest BCUT2D eigenvalue weighted by Crippen LogP contribution is 2.23. The summed E-state index contributed by atoms with van der Waals surface area (Å²) in [6.07, 6.45) is 3.88. The molecule has 0 heterocycles. The molecule has 1 nitrogen and oxygen atoms in total. The van der Waals surface area contributed by atoms with Crippen LogP contribution >= 0.6 is 0 Å². The van der Waals surface area contributed by atoms with Gasteiger partial charge in [-0.25, -0.2) is 0 Å². The first-order valence-electron chi connectivity index (χ1n) is 5.40. The molecule has 0 amide bonds. The lowest BCUT2D eigenvalue weighted by atomic mass is 9.86. The molecule has 0 unspecified atom stereocenters. The van der Waals surface area contributed by atoms with Gasteiger partial charge in [-0.1, -0.05) is 50.8 Å². The average molecular weight is 204 g/mol. The topological polar surface area (TPSA) is 20.2 Å². The van der Waals surface area contributed by atoms with Gasteiger partial charge in [0.2, 0.25) is 0 Å². The van der Waals surface area contributed by atoms with Crippen LogP contribution in [0, 0.1) is 5.41 Å². The molecule has 0 aliphatic carbocycles. The molecule has 0 aliphatic rings. The van der Waals surface area contributed by atoms with Crippen LogP contribution in [0.25, 0.3) is 6.08 Å². The molecule has 0 aromatic heterocycles. The highest BCUT2D eigenvalue weighted by atomic mass is 16.3. The fourth-order valence-corrected chi connectivity index (χ4v) is 1.51. The minimum atomic E-state index is 0.00822. The SMILES string of the molecule is C=Cc1ccccc1CCC(C)(C)CO. The molecule has 0 bridgehead atoms. The third-order valence-electron chi connectivity index (χ3n) is 2.77. The van der Waals surface area contributed by atoms with Gasteiger partial charge in [0.05, 0.1) is 0 Å². The van der Waals surface area contributed by atoms with Crippen LogP contribution < -0.4 is 0 Å². The van der Waals surface area contributed by atoms with Crippen LogP contribution in [-0.2, 0) is 6.42 Å². The summed E-state index contributed by atoms with van der Waals surface area (Å²) >= 11 is 0. The first kappa shape index (κ1) is 12.0. The molecule has 1 rings (SSSR count). The summed E-state index contributed by atoms with van der Waals surface area (Å²) < 4.78 is 0. The molecule has 0 spiro atoms. The van der Waals surface area contributed by atoms with Gasteiger partial charge >= 0.3 is 0 Å². The summed E-state index contributed by atoms with van der Waals surface area (Å²) in [5, 5.41) is 9.18. The zero-order valence-corrected chi connectivity index (χ0v) is 9.66. The Labute approximate surface area is 92.5 Å². The zero-order valence-electron chi connectivity index (χ0n) is 9.66. The van der Waals surface area contributed by atoms with E-state index in [1.807, 2.05) is 18.2 Å². The Morgan fingerprint density at radius 3 is 2.60 bits per heavy atom. The predicted octanol–water partition coefficient (Wildman–Crippen LogP) is 3.28. The van der Waals surface area contributed by atoms with E-state index in [4.69, 9.17) is 0 Å². The van der Waals surface area contributed by atoms with Crippen LogP contribution in [0.1, 0.15) is 31.4 Å². The summed E-state index contributed by atoms with van der Waals surface area (Å²) in [6, 6.07) is 8.28. The fourth-order valence-electron chi connectivity index (χ4n) is 1.51. The number of aliphatic hydroxyl groups is 1. The van der Waals surface area contributed by atoms with Gasteiger partial charge in [0, 0.05) is 6.61 Å². The van der Waals surface area contributed by atoms with Gasteiger partial charge < -0.3 is 5.11 Å². The fraction of sp³-hybridized carbons (Fsp3) is 0.429. The second kappa shape index (κ2) is 5.13. The molecule has 1 heteroatoms. The summed E-state index contributed by atoms with van der Waals surface area (Å²) in [5.74, 6) is 0. The van der Waals surface area contributed by atoms with Gasteiger partial charge in [-0.15, -0.1) is 0 Å². The van der Waals surface area contributed by atoms with Gasteiger partial charge in [0.1, 0.15) is 0 Å². The van der Waals surface area contributed by atoms with Gasteiger partial charge in [-0.05, 0) is 29.4 Å². The summed E-state index contributed by atoms with van der Waals surface area (Å²) in [7, 11) is 0. The Bertz CT molecular complexity index is 326. The van der Waals surface area contributed by atoms with E-state index < -0.39 is 0 Å². The Kier molecular flexibility index (Phi) is 4.10. The Balaban J connectivity index is 2.69. The molecular formula is C14H20O. The molecule has 0 aliphatic heterocycles. The first-order valence-corrected chi connectivity index (χ1v) is 5.40. The maximum absolute atomic E-state index is 9.18. The second-order valence-corrected chi connectivity index (χ2v) is 4.73. The molecular weight excluding hydrogens is 184 g/mol. The van der Waals surface area contributed by atoms with Gasteiger partial charge in [-0.3, -0.25) is 0 Å². The smallest absolute Gasteiger partial charge is 0.0482 e. The van der Waals surface area contributed by atoms with Crippen molar-refractivity contribution in [2.24, 2.45) is 5.41 Å². The molecule has 1 N–H and O–H groups in total. The third kappa shape index (κ3) is 3.52. The normalized spacial score (nSPS) is 11.4. The van der Waals surface area contributed by atoms with Crippen molar-refractivity contribution in [1.82, 2.24) is 0 Å². The molecule has 0 saturated heterocycles. The number of hydrogen-bond donors (Lipinski definition) is 1. The monoisotopic (exact) mass is 204 g/mol. The predicted molar refractivity (Wildman–Crippen MR) is 65.7 cm³/mol. The van der Waals surface area contributed by atoms with Crippen molar-refractivity contribution < 1.29 is 5.11 Å². The second-order valence-electron chi connectivity index (χ2n) is 4.73. The van der Waals surface area contributed by atoms with Crippen molar-refractivity contribution >= 4 is 6.08 Å².